The summed E-state index contributed by atoms with van der Waals surface area (Å²) in [5, 5.41) is 10.5. The Bertz CT molecular complexity index is 551. The second-order valence-electron chi connectivity index (χ2n) is 7.39. The normalized spacial score (nSPS) is 25.0. The van der Waals surface area contributed by atoms with Gasteiger partial charge in [0.25, 0.3) is 0 Å². The van der Waals surface area contributed by atoms with Crippen molar-refractivity contribution < 1.29 is 9.90 Å². The van der Waals surface area contributed by atoms with Gasteiger partial charge in [-0.15, -0.1) is 0 Å². The molecule has 2 atom stereocenters. The first-order valence-corrected chi connectivity index (χ1v) is 9.23. The highest BCUT2D eigenvalue weighted by atomic mass is 16.3. The molecule has 6 heteroatoms. The van der Waals surface area contributed by atoms with Crippen molar-refractivity contribution in [2.24, 2.45) is 13.0 Å². The Kier molecular flexibility index (Phi) is 5.56. The van der Waals surface area contributed by atoms with Crippen molar-refractivity contribution in [1.29, 1.82) is 0 Å². The average Bonchev–Trinajstić information content (AvgIpc) is 3.01. The standard InChI is InChI=1S/C18H30N4O2/c1-14-5-3-4-9-22(14)16(23)13-21-10-6-15(7-11-21)17(24)18-19-8-12-20(18)2/h8,12,14-15,17,24H,3-7,9-11,13H2,1-2H3. The summed E-state index contributed by atoms with van der Waals surface area (Å²) in [5.74, 6) is 1.24. The number of hydrogen-bond acceptors (Lipinski definition) is 4. The van der Waals surface area contributed by atoms with Gasteiger partial charge in [0, 0.05) is 32.0 Å². The van der Waals surface area contributed by atoms with E-state index in [9.17, 15) is 9.90 Å². The van der Waals surface area contributed by atoms with E-state index in [4.69, 9.17) is 0 Å². The van der Waals surface area contributed by atoms with Crippen molar-refractivity contribution in [3.63, 3.8) is 0 Å². The molecule has 0 aromatic carbocycles. The summed E-state index contributed by atoms with van der Waals surface area (Å²) in [4.78, 5) is 21.1. The Labute approximate surface area is 144 Å². The summed E-state index contributed by atoms with van der Waals surface area (Å²) in [5.41, 5.74) is 0. The van der Waals surface area contributed by atoms with Gasteiger partial charge in [-0.25, -0.2) is 4.98 Å². The molecule has 2 aliphatic rings. The Morgan fingerprint density at radius 1 is 1.29 bits per heavy atom. The Morgan fingerprint density at radius 2 is 2.04 bits per heavy atom. The number of hydrogen-bond donors (Lipinski definition) is 1. The van der Waals surface area contributed by atoms with Gasteiger partial charge in [-0.3, -0.25) is 9.69 Å². The van der Waals surface area contributed by atoms with Gasteiger partial charge in [0.1, 0.15) is 11.9 Å². The van der Waals surface area contributed by atoms with Gasteiger partial charge in [-0.05, 0) is 58.0 Å². The molecule has 134 valence electrons. The van der Waals surface area contributed by atoms with Crippen LogP contribution in [0.1, 0.15) is 51.0 Å². The summed E-state index contributed by atoms with van der Waals surface area (Å²) in [6.07, 6.45) is 8.41. The number of piperidine rings is 2. The van der Waals surface area contributed by atoms with Gasteiger partial charge in [-0.2, -0.15) is 0 Å². The number of aliphatic hydroxyl groups is 1. The largest absolute Gasteiger partial charge is 0.385 e. The molecule has 2 aliphatic heterocycles. The van der Waals surface area contributed by atoms with Crippen molar-refractivity contribution in [2.75, 3.05) is 26.2 Å². The Morgan fingerprint density at radius 3 is 2.67 bits per heavy atom. The number of aryl methyl sites for hydroxylation is 1. The number of likely N-dealkylation sites (tertiary alicyclic amines) is 2. The van der Waals surface area contributed by atoms with Crippen molar-refractivity contribution in [3.8, 4) is 0 Å². The van der Waals surface area contributed by atoms with Gasteiger partial charge >= 0.3 is 0 Å². The lowest BCUT2D eigenvalue weighted by molar-refractivity contribution is -0.136. The van der Waals surface area contributed by atoms with E-state index in [-0.39, 0.29) is 11.8 Å². The van der Waals surface area contributed by atoms with Crippen LogP contribution in [0.5, 0.6) is 0 Å². The zero-order valence-electron chi connectivity index (χ0n) is 14.9. The van der Waals surface area contributed by atoms with Gasteiger partial charge < -0.3 is 14.6 Å². The van der Waals surface area contributed by atoms with Crippen LogP contribution in [0.15, 0.2) is 12.4 Å². The van der Waals surface area contributed by atoms with Crippen LogP contribution in [0, 0.1) is 5.92 Å². The highest BCUT2D eigenvalue weighted by Gasteiger charge is 2.30. The lowest BCUT2D eigenvalue weighted by atomic mass is 9.90. The number of rotatable bonds is 4. The van der Waals surface area contributed by atoms with E-state index in [1.807, 2.05) is 17.8 Å². The van der Waals surface area contributed by atoms with E-state index in [0.717, 1.165) is 51.1 Å². The molecule has 0 radical (unpaired) electrons. The van der Waals surface area contributed by atoms with Gasteiger partial charge in [-0.1, -0.05) is 0 Å². The number of carbonyl (C=O) groups is 1. The molecule has 0 saturated carbocycles. The van der Waals surface area contributed by atoms with Crippen molar-refractivity contribution in [3.05, 3.63) is 18.2 Å². The molecule has 0 bridgehead atoms. The molecule has 2 saturated heterocycles. The Balaban J connectivity index is 1.48. The summed E-state index contributed by atoms with van der Waals surface area (Å²) in [7, 11) is 1.92. The maximum Gasteiger partial charge on any atom is 0.236 e. The maximum atomic E-state index is 12.5. The van der Waals surface area contributed by atoms with Crippen molar-refractivity contribution >= 4 is 5.91 Å². The summed E-state index contributed by atoms with van der Waals surface area (Å²) in [6.45, 7) is 5.34. The SMILES string of the molecule is CC1CCCCN1C(=O)CN1CCC(C(O)c2nccn2C)CC1. The fourth-order valence-corrected chi connectivity index (χ4v) is 4.05. The minimum Gasteiger partial charge on any atom is -0.385 e. The third kappa shape index (κ3) is 3.81. The molecule has 1 aromatic rings. The van der Waals surface area contributed by atoms with Crippen LogP contribution in [0.3, 0.4) is 0 Å². The predicted octanol–water partition coefficient (Wildman–Crippen LogP) is 1.57. The van der Waals surface area contributed by atoms with Crippen LogP contribution in [-0.2, 0) is 11.8 Å². The Hall–Kier alpha value is -1.40. The fourth-order valence-electron chi connectivity index (χ4n) is 4.05. The molecule has 2 fully saturated rings. The van der Waals surface area contributed by atoms with Crippen LogP contribution in [0.4, 0.5) is 0 Å². The molecule has 6 nitrogen and oxygen atoms in total. The highest BCUT2D eigenvalue weighted by Crippen LogP contribution is 2.29. The summed E-state index contributed by atoms with van der Waals surface area (Å²) < 4.78 is 1.89. The minimum atomic E-state index is -0.509. The van der Waals surface area contributed by atoms with Crippen LogP contribution in [-0.4, -0.2) is 62.6 Å². The second kappa shape index (κ2) is 7.66. The summed E-state index contributed by atoms with van der Waals surface area (Å²) >= 11 is 0. The lowest BCUT2D eigenvalue weighted by Gasteiger charge is -2.37. The third-order valence-corrected chi connectivity index (χ3v) is 5.68. The van der Waals surface area contributed by atoms with E-state index in [1.54, 1.807) is 6.20 Å². The van der Waals surface area contributed by atoms with E-state index < -0.39 is 6.10 Å². The molecule has 1 amide bonds. The number of aliphatic hydroxyl groups excluding tert-OH is 1. The van der Waals surface area contributed by atoms with E-state index in [2.05, 4.69) is 21.7 Å². The maximum absolute atomic E-state index is 12.5. The van der Waals surface area contributed by atoms with Gasteiger partial charge in [0.15, 0.2) is 0 Å². The van der Waals surface area contributed by atoms with Gasteiger partial charge in [0.2, 0.25) is 5.91 Å². The molecular weight excluding hydrogens is 304 g/mol. The highest BCUT2D eigenvalue weighted by molar-refractivity contribution is 5.78. The van der Waals surface area contributed by atoms with Crippen molar-refractivity contribution in [1.82, 2.24) is 19.4 Å². The van der Waals surface area contributed by atoms with Crippen LogP contribution < -0.4 is 0 Å². The molecule has 3 heterocycles. The summed E-state index contributed by atoms with van der Waals surface area (Å²) in [6, 6.07) is 0.383. The molecular formula is C18H30N4O2. The lowest BCUT2D eigenvalue weighted by Crippen LogP contribution is -2.48. The van der Waals surface area contributed by atoms with Gasteiger partial charge in [0.05, 0.1) is 6.54 Å². The minimum absolute atomic E-state index is 0.228. The molecule has 1 N–H and O–H groups in total. The molecule has 3 rings (SSSR count). The quantitative estimate of drug-likeness (QED) is 0.908. The predicted molar refractivity (Wildman–Crippen MR) is 92.4 cm³/mol. The van der Waals surface area contributed by atoms with E-state index in [1.165, 1.54) is 6.42 Å². The van der Waals surface area contributed by atoms with E-state index >= 15 is 0 Å². The molecule has 1 aromatic heterocycles. The number of amides is 1. The van der Waals surface area contributed by atoms with Crippen LogP contribution in [0.25, 0.3) is 0 Å². The van der Waals surface area contributed by atoms with E-state index in [0.29, 0.717) is 12.6 Å². The van der Waals surface area contributed by atoms with Crippen molar-refractivity contribution in [2.45, 2.75) is 51.2 Å². The monoisotopic (exact) mass is 334 g/mol. The number of aromatic nitrogens is 2. The number of carbonyl (C=O) groups excluding carboxylic acids is 1. The van der Waals surface area contributed by atoms with Crippen LogP contribution in [0.2, 0.25) is 0 Å². The first-order chi connectivity index (χ1) is 11.6. The van der Waals surface area contributed by atoms with Crippen LogP contribution >= 0.6 is 0 Å². The first kappa shape index (κ1) is 17.4. The number of imidazole rings is 1. The third-order valence-electron chi connectivity index (χ3n) is 5.68. The fraction of sp³-hybridized carbons (Fsp3) is 0.778. The molecule has 2 unspecified atom stereocenters. The molecule has 0 spiro atoms. The zero-order valence-corrected chi connectivity index (χ0v) is 14.9. The topological polar surface area (TPSA) is 61.6 Å². The molecule has 0 aliphatic carbocycles. The average molecular weight is 334 g/mol. The second-order valence-corrected chi connectivity index (χ2v) is 7.39. The smallest absolute Gasteiger partial charge is 0.236 e. The first-order valence-electron chi connectivity index (χ1n) is 9.23. The zero-order chi connectivity index (χ0) is 17.1. The number of nitrogens with zero attached hydrogens (tertiary/aromatic N) is 4. The molecule has 24 heavy (non-hydrogen) atoms.